The van der Waals surface area contributed by atoms with E-state index in [1.54, 1.807) is 6.07 Å². The van der Waals surface area contributed by atoms with Crippen LogP contribution in [0.1, 0.15) is 47.6 Å². The van der Waals surface area contributed by atoms with E-state index in [4.69, 9.17) is 4.74 Å². The van der Waals surface area contributed by atoms with E-state index in [1.165, 1.54) is 5.56 Å². The van der Waals surface area contributed by atoms with E-state index >= 15 is 0 Å². The molecule has 5 heteroatoms. The molecule has 0 saturated carbocycles. The molecule has 0 atom stereocenters. The van der Waals surface area contributed by atoms with Crippen LogP contribution in [0.2, 0.25) is 0 Å². The molecule has 0 saturated heterocycles. The Labute approximate surface area is 149 Å². The molecule has 0 aliphatic heterocycles. The lowest BCUT2D eigenvalue weighted by Crippen LogP contribution is -2.02. The number of phenols is 1. The Kier molecular flexibility index (Phi) is 5.99. The predicted molar refractivity (Wildman–Crippen MR) is 105 cm³/mol. The highest BCUT2D eigenvalue weighted by atomic mass is 31.2. The summed E-state index contributed by atoms with van der Waals surface area (Å²) in [5.74, 6) is 1.22. The number of phenolic OH excluding ortho intramolecular Hbond substituents is 1. The van der Waals surface area contributed by atoms with Gasteiger partial charge in [-0.1, -0.05) is 26.0 Å². The van der Waals surface area contributed by atoms with Gasteiger partial charge in [-0.2, -0.15) is 0 Å². The van der Waals surface area contributed by atoms with Gasteiger partial charge in [-0.05, 0) is 78.5 Å². The second kappa shape index (κ2) is 7.65. The summed E-state index contributed by atoms with van der Waals surface area (Å²) < 4.78 is 5.46. The largest absolute Gasteiger partial charge is 0.508 e. The standard InChI is InChI=1S/C20H27O4P/c1-13(2)18-10-16(6-7-20(18)21)11-19-14(3)8-17(9-15(19)4)24-12-25(5,22)23/h6-10,13,21-23H,5,11-12H2,1-4H3. The zero-order valence-corrected chi connectivity index (χ0v) is 16.2. The molecule has 0 fully saturated rings. The fourth-order valence-corrected chi connectivity index (χ4v) is 3.23. The quantitative estimate of drug-likeness (QED) is 0.669. The normalized spacial score (nSPS) is 11.8. The number of aromatic hydroxyl groups is 1. The van der Waals surface area contributed by atoms with Crippen molar-refractivity contribution in [2.45, 2.75) is 40.0 Å². The smallest absolute Gasteiger partial charge is 0.152 e. The maximum Gasteiger partial charge on any atom is 0.152 e. The van der Waals surface area contributed by atoms with Gasteiger partial charge in [0, 0.05) is 0 Å². The van der Waals surface area contributed by atoms with Crippen molar-refractivity contribution < 1.29 is 19.6 Å². The third-order valence-corrected chi connectivity index (χ3v) is 4.74. The molecule has 0 radical (unpaired) electrons. The van der Waals surface area contributed by atoms with Crippen LogP contribution in [0, 0.1) is 13.8 Å². The van der Waals surface area contributed by atoms with Crippen molar-refractivity contribution in [1.82, 2.24) is 0 Å². The minimum atomic E-state index is -3.19. The van der Waals surface area contributed by atoms with Gasteiger partial charge in [0.25, 0.3) is 0 Å². The second-order valence-corrected chi connectivity index (χ2v) is 8.93. The average molecular weight is 362 g/mol. The van der Waals surface area contributed by atoms with Gasteiger partial charge in [0.1, 0.15) is 18.8 Å². The fourth-order valence-electron chi connectivity index (χ4n) is 2.87. The van der Waals surface area contributed by atoms with Gasteiger partial charge in [0.05, 0.1) is 0 Å². The Morgan fingerprint density at radius 2 is 1.68 bits per heavy atom. The molecular weight excluding hydrogens is 335 g/mol. The highest BCUT2D eigenvalue weighted by Crippen LogP contribution is 2.35. The van der Waals surface area contributed by atoms with Gasteiger partial charge in [-0.3, -0.25) is 0 Å². The Balaban J connectivity index is 2.26. The van der Waals surface area contributed by atoms with Gasteiger partial charge >= 0.3 is 0 Å². The highest BCUT2D eigenvalue weighted by molar-refractivity contribution is 7.62. The first-order valence-electron chi connectivity index (χ1n) is 8.29. The van der Waals surface area contributed by atoms with Crippen molar-refractivity contribution in [3.05, 3.63) is 58.1 Å². The molecule has 4 nitrogen and oxygen atoms in total. The van der Waals surface area contributed by atoms with E-state index < -0.39 is 7.34 Å². The molecule has 0 amide bonds. The van der Waals surface area contributed by atoms with Crippen LogP contribution in [0.3, 0.4) is 0 Å². The summed E-state index contributed by atoms with van der Waals surface area (Å²) in [6.07, 6.45) is 3.90. The monoisotopic (exact) mass is 362 g/mol. The van der Waals surface area contributed by atoms with Crippen LogP contribution in [-0.4, -0.2) is 27.5 Å². The van der Waals surface area contributed by atoms with Gasteiger partial charge in [-0.25, -0.2) is 0 Å². The molecule has 25 heavy (non-hydrogen) atoms. The molecular formula is C20H27O4P. The Bertz CT molecular complexity index is 782. The Morgan fingerprint density at radius 1 is 1.08 bits per heavy atom. The van der Waals surface area contributed by atoms with E-state index in [-0.39, 0.29) is 12.3 Å². The number of hydrogen-bond donors (Lipinski definition) is 3. The van der Waals surface area contributed by atoms with E-state index in [2.05, 4.69) is 26.2 Å². The van der Waals surface area contributed by atoms with Gasteiger partial charge < -0.3 is 19.6 Å². The lowest BCUT2D eigenvalue weighted by molar-refractivity contribution is 0.344. The summed E-state index contributed by atoms with van der Waals surface area (Å²) in [5, 5.41) is 9.98. The van der Waals surface area contributed by atoms with E-state index in [9.17, 15) is 14.9 Å². The number of aryl methyl sites for hydroxylation is 2. The third kappa shape index (κ3) is 5.37. The van der Waals surface area contributed by atoms with E-state index in [1.807, 2.05) is 32.0 Å². The van der Waals surface area contributed by atoms with Crippen LogP contribution in [-0.2, 0) is 6.42 Å². The molecule has 0 aliphatic rings. The van der Waals surface area contributed by atoms with E-state index in [0.29, 0.717) is 11.5 Å². The zero-order valence-electron chi connectivity index (χ0n) is 15.3. The average Bonchev–Trinajstić information content (AvgIpc) is 2.49. The van der Waals surface area contributed by atoms with Crippen LogP contribution in [0.25, 0.3) is 0 Å². The molecule has 2 aromatic carbocycles. The molecule has 0 aromatic heterocycles. The van der Waals surface area contributed by atoms with Crippen molar-refractivity contribution in [3.8, 4) is 11.5 Å². The van der Waals surface area contributed by atoms with Crippen LogP contribution in [0.5, 0.6) is 11.5 Å². The first kappa shape index (κ1) is 19.6. The van der Waals surface area contributed by atoms with Crippen molar-refractivity contribution >= 4 is 13.6 Å². The second-order valence-electron chi connectivity index (χ2n) is 6.91. The van der Waals surface area contributed by atoms with Crippen LogP contribution < -0.4 is 4.74 Å². The van der Waals surface area contributed by atoms with Crippen LogP contribution in [0.15, 0.2) is 30.3 Å². The molecule has 2 aromatic rings. The maximum atomic E-state index is 9.98. The highest BCUT2D eigenvalue weighted by Gasteiger charge is 2.12. The Morgan fingerprint density at radius 3 is 2.20 bits per heavy atom. The minimum Gasteiger partial charge on any atom is -0.508 e. The van der Waals surface area contributed by atoms with Gasteiger partial charge in [0.2, 0.25) is 0 Å². The zero-order chi connectivity index (χ0) is 18.8. The number of rotatable bonds is 6. The van der Waals surface area contributed by atoms with Crippen molar-refractivity contribution in [3.63, 3.8) is 0 Å². The SMILES string of the molecule is C=P(O)(O)COc1cc(C)c(Cc2ccc(O)c(C(C)C)c2)c(C)c1. The predicted octanol–water partition coefficient (Wildman–Crippen LogP) is 4.32. The lowest BCUT2D eigenvalue weighted by atomic mass is 9.93. The number of hydrogen-bond acceptors (Lipinski definition) is 4. The summed E-state index contributed by atoms with van der Waals surface area (Å²) in [6.45, 7) is 8.16. The van der Waals surface area contributed by atoms with Crippen LogP contribution in [0.4, 0.5) is 0 Å². The lowest BCUT2D eigenvalue weighted by Gasteiger charge is -2.16. The van der Waals surface area contributed by atoms with Crippen LogP contribution >= 0.6 is 7.34 Å². The summed E-state index contributed by atoms with van der Waals surface area (Å²) in [4.78, 5) is 18.7. The summed E-state index contributed by atoms with van der Waals surface area (Å²) in [5.41, 5.74) is 5.47. The third-order valence-electron chi connectivity index (χ3n) is 4.20. The molecule has 3 N–H and O–H groups in total. The molecule has 0 bridgehead atoms. The van der Waals surface area contributed by atoms with Crippen molar-refractivity contribution in [2.75, 3.05) is 6.35 Å². The van der Waals surface area contributed by atoms with Crippen molar-refractivity contribution in [2.24, 2.45) is 0 Å². The first-order chi connectivity index (χ1) is 11.6. The van der Waals surface area contributed by atoms with Crippen molar-refractivity contribution in [1.29, 1.82) is 0 Å². The maximum absolute atomic E-state index is 9.98. The fraction of sp³-hybridized carbons (Fsp3) is 0.350. The van der Waals surface area contributed by atoms with E-state index in [0.717, 1.165) is 28.7 Å². The molecule has 0 heterocycles. The first-order valence-corrected chi connectivity index (χ1v) is 10.4. The Hall–Kier alpha value is -1.74. The summed E-state index contributed by atoms with van der Waals surface area (Å²) >= 11 is 0. The summed E-state index contributed by atoms with van der Waals surface area (Å²) in [6, 6.07) is 9.57. The number of benzene rings is 2. The molecule has 0 aliphatic carbocycles. The number of ether oxygens (including phenoxy) is 1. The topological polar surface area (TPSA) is 69.9 Å². The molecule has 0 spiro atoms. The molecule has 0 unspecified atom stereocenters. The summed E-state index contributed by atoms with van der Waals surface area (Å²) in [7, 11) is -3.19. The van der Waals surface area contributed by atoms with Gasteiger partial charge in [-0.15, -0.1) is 0 Å². The molecule has 2 rings (SSSR count). The minimum absolute atomic E-state index is 0.180. The van der Waals surface area contributed by atoms with Gasteiger partial charge in [0.15, 0.2) is 6.35 Å². The molecule has 136 valence electrons.